The van der Waals surface area contributed by atoms with Crippen LogP contribution in [-0.2, 0) is 6.54 Å². The highest BCUT2D eigenvalue weighted by atomic mass is 32.1. The molecule has 1 aromatic carbocycles. The van der Waals surface area contributed by atoms with Crippen LogP contribution < -0.4 is 5.32 Å². The first kappa shape index (κ1) is 16.9. The van der Waals surface area contributed by atoms with E-state index in [9.17, 15) is 4.79 Å². The zero-order valence-electron chi connectivity index (χ0n) is 14.0. The van der Waals surface area contributed by atoms with Gasteiger partial charge in [0, 0.05) is 29.8 Å². The number of benzene rings is 1. The van der Waals surface area contributed by atoms with Crippen LogP contribution in [-0.4, -0.2) is 30.6 Å². The summed E-state index contributed by atoms with van der Waals surface area (Å²) >= 11 is 5.29. The Morgan fingerprint density at radius 2 is 1.96 bits per heavy atom. The number of aromatic nitrogens is 5. The van der Waals surface area contributed by atoms with Gasteiger partial charge in [-0.15, -0.1) is 0 Å². The smallest absolute Gasteiger partial charge is 0.270 e. The van der Waals surface area contributed by atoms with E-state index < -0.39 is 0 Å². The number of carbonyl (C=O) groups is 1. The standard InChI is InChI=1S/C18H14N6O2S/c25-17(14-10-21-18(27)24(14)13-4-2-1-3-5-13)20-11-15-22-16(23-26-15)12-6-8-19-9-7-12/h1-10H,11H2,(H,20,25)(H,21,27). The van der Waals surface area contributed by atoms with E-state index in [0.29, 0.717) is 22.2 Å². The fourth-order valence-corrected chi connectivity index (χ4v) is 2.82. The second-order valence-corrected chi connectivity index (χ2v) is 5.97. The van der Waals surface area contributed by atoms with E-state index in [2.05, 4.69) is 25.4 Å². The van der Waals surface area contributed by atoms with E-state index in [4.69, 9.17) is 16.7 Å². The molecule has 27 heavy (non-hydrogen) atoms. The lowest BCUT2D eigenvalue weighted by molar-refractivity contribution is 0.0939. The summed E-state index contributed by atoms with van der Waals surface area (Å²) < 4.78 is 7.30. The first-order valence-electron chi connectivity index (χ1n) is 8.09. The molecule has 0 atom stereocenters. The van der Waals surface area contributed by atoms with Gasteiger partial charge >= 0.3 is 0 Å². The van der Waals surface area contributed by atoms with Gasteiger partial charge in [0.15, 0.2) is 4.77 Å². The molecular weight excluding hydrogens is 364 g/mol. The monoisotopic (exact) mass is 378 g/mol. The average Bonchev–Trinajstić information content (AvgIpc) is 3.34. The van der Waals surface area contributed by atoms with Crippen LogP contribution in [0.15, 0.2) is 65.6 Å². The van der Waals surface area contributed by atoms with E-state index in [0.717, 1.165) is 11.3 Å². The van der Waals surface area contributed by atoms with Crippen molar-refractivity contribution in [1.29, 1.82) is 0 Å². The minimum absolute atomic E-state index is 0.101. The molecule has 0 unspecified atom stereocenters. The number of hydrogen-bond acceptors (Lipinski definition) is 6. The molecule has 0 bridgehead atoms. The van der Waals surface area contributed by atoms with E-state index in [1.165, 1.54) is 0 Å². The fraction of sp³-hybridized carbons (Fsp3) is 0.0556. The Kier molecular flexibility index (Phi) is 4.58. The van der Waals surface area contributed by atoms with Crippen LogP contribution in [0.3, 0.4) is 0 Å². The van der Waals surface area contributed by atoms with Crippen molar-refractivity contribution in [2.75, 3.05) is 0 Å². The summed E-state index contributed by atoms with van der Waals surface area (Å²) in [5.41, 5.74) is 1.97. The maximum atomic E-state index is 12.6. The molecule has 3 heterocycles. The summed E-state index contributed by atoms with van der Waals surface area (Å²) in [7, 11) is 0. The Bertz CT molecular complexity index is 1120. The zero-order valence-corrected chi connectivity index (χ0v) is 14.8. The third-order valence-electron chi connectivity index (χ3n) is 3.83. The van der Waals surface area contributed by atoms with Gasteiger partial charge in [0.25, 0.3) is 5.91 Å². The molecule has 0 fully saturated rings. The maximum Gasteiger partial charge on any atom is 0.270 e. The van der Waals surface area contributed by atoms with Crippen LogP contribution in [0.4, 0.5) is 0 Å². The van der Waals surface area contributed by atoms with Gasteiger partial charge in [-0.05, 0) is 36.5 Å². The van der Waals surface area contributed by atoms with Crippen LogP contribution in [0.1, 0.15) is 16.4 Å². The summed E-state index contributed by atoms with van der Waals surface area (Å²) in [4.78, 5) is 23.7. The van der Waals surface area contributed by atoms with Crippen LogP contribution in [0.2, 0.25) is 0 Å². The molecule has 0 aliphatic carbocycles. The first-order valence-corrected chi connectivity index (χ1v) is 8.50. The number of pyridine rings is 1. The number of carbonyl (C=O) groups excluding carboxylic acids is 1. The molecule has 0 spiro atoms. The topological polar surface area (TPSA) is 102 Å². The molecule has 3 aromatic heterocycles. The van der Waals surface area contributed by atoms with Crippen molar-refractivity contribution in [2.45, 2.75) is 6.54 Å². The van der Waals surface area contributed by atoms with Crippen molar-refractivity contribution in [3.63, 3.8) is 0 Å². The summed E-state index contributed by atoms with van der Waals surface area (Å²) in [5.74, 6) is 0.431. The number of para-hydroxylation sites is 1. The molecule has 0 radical (unpaired) electrons. The fourth-order valence-electron chi connectivity index (χ4n) is 2.56. The average molecular weight is 378 g/mol. The SMILES string of the molecule is O=C(NCc1nc(-c2ccncc2)no1)c1c[nH]c(=S)n1-c1ccccc1. The van der Waals surface area contributed by atoms with E-state index in [1.807, 2.05) is 30.3 Å². The molecule has 134 valence electrons. The quantitative estimate of drug-likeness (QED) is 0.518. The first-order chi connectivity index (χ1) is 13.2. The lowest BCUT2D eigenvalue weighted by Gasteiger charge is -2.07. The van der Waals surface area contributed by atoms with Gasteiger partial charge in [-0.3, -0.25) is 14.3 Å². The number of nitrogens with zero attached hydrogens (tertiary/aromatic N) is 4. The summed E-state index contributed by atoms with van der Waals surface area (Å²) in [6.07, 6.45) is 4.86. The normalized spacial score (nSPS) is 10.7. The molecule has 0 saturated carbocycles. The van der Waals surface area contributed by atoms with E-state index in [-0.39, 0.29) is 12.5 Å². The van der Waals surface area contributed by atoms with Gasteiger partial charge in [-0.1, -0.05) is 23.4 Å². The number of amides is 1. The van der Waals surface area contributed by atoms with Gasteiger partial charge in [0.05, 0.1) is 6.54 Å². The number of nitrogens with one attached hydrogen (secondary N) is 2. The van der Waals surface area contributed by atoms with Crippen LogP contribution >= 0.6 is 12.2 Å². The van der Waals surface area contributed by atoms with Gasteiger partial charge in [-0.25, -0.2) is 0 Å². The summed E-state index contributed by atoms with van der Waals surface area (Å²) in [5, 5.41) is 6.68. The number of H-pyrrole nitrogens is 1. The zero-order chi connectivity index (χ0) is 18.6. The highest BCUT2D eigenvalue weighted by molar-refractivity contribution is 7.71. The lowest BCUT2D eigenvalue weighted by Crippen LogP contribution is -2.25. The Balaban J connectivity index is 1.50. The Morgan fingerprint density at radius 1 is 1.19 bits per heavy atom. The number of hydrogen-bond donors (Lipinski definition) is 2. The Hall–Kier alpha value is -3.59. The molecule has 4 aromatic rings. The third kappa shape index (κ3) is 3.53. The molecule has 8 nitrogen and oxygen atoms in total. The molecule has 4 rings (SSSR count). The second kappa shape index (κ2) is 7.34. The number of aromatic amines is 1. The maximum absolute atomic E-state index is 12.6. The van der Waals surface area contributed by atoms with Crippen LogP contribution in [0.5, 0.6) is 0 Å². The predicted octanol–water partition coefficient (Wildman–Crippen LogP) is 2.91. The molecule has 0 aliphatic rings. The van der Waals surface area contributed by atoms with E-state index >= 15 is 0 Å². The van der Waals surface area contributed by atoms with E-state index in [1.54, 1.807) is 35.3 Å². The van der Waals surface area contributed by atoms with Crippen molar-refractivity contribution < 1.29 is 9.32 Å². The molecule has 2 N–H and O–H groups in total. The molecule has 1 amide bonds. The molecule has 0 saturated heterocycles. The third-order valence-corrected chi connectivity index (χ3v) is 4.13. The minimum atomic E-state index is -0.310. The van der Waals surface area contributed by atoms with Crippen molar-refractivity contribution in [3.8, 4) is 17.1 Å². The lowest BCUT2D eigenvalue weighted by atomic mass is 10.2. The highest BCUT2D eigenvalue weighted by Crippen LogP contribution is 2.15. The van der Waals surface area contributed by atoms with Gasteiger partial charge < -0.3 is 14.8 Å². The van der Waals surface area contributed by atoms with Gasteiger partial charge in [-0.2, -0.15) is 4.98 Å². The van der Waals surface area contributed by atoms with Crippen LogP contribution in [0.25, 0.3) is 17.1 Å². The van der Waals surface area contributed by atoms with Crippen molar-refractivity contribution in [1.82, 2.24) is 30.0 Å². The highest BCUT2D eigenvalue weighted by Gasteiger charge is 2.16. The molecular formula is C18H14N6O2S. The second-order valence-electron chi connectivity index (χ2n) is 5.58. The summed E-state index contributed by atoms with van der Waals surface area (Å²) in [6, 6.07) is 13.0. The molecule has 9 heteroatoms. The summed E-state index contributed by atoms with van der Waals surface area (Å²) in [6.45, 7) is 0.101. The van der Waals surface area contributed by atoms with Crippen molar-refractivity contribution in [2.24, 2.45) is 0 Å². The Morgan fingerprint density at radius 3 is 2.74 bits per heavy atom. The van der Waals surface area contributed by atoms with Crippen molar-refractivity contribution >= 4 is 18.1 Å². The molecule has 0 aliphatic heterocycles. The van der Waals surface area contributed by atoms with Crippen molar-refractivity contribution in [3.05, 3.63) is 77.4 Å². The Labute approximate surface area is 158 Å². The number of imidazole rings is 1. The minimum Gasteiger partial charge on any atom is -0.342 e. The van der Waals surface area contributed by atoms with Crippen LogP contribution in [0, 0.1) is 4.77 Å². The largest absolute Gasteiger partial charge is 0.342 e. The predicted molar refractivity (Wildman–Crippen MR) is 99.7 cm³/mol. The number of rotatable bonds is 5. The van der Waals surface area contributed by atoms with Gasteiger partial charge in [0.1, 0.15) is 5.69 Å². The van der Waals surface area contributed by atoms with Gasteiger partial charge in [0.2, 0.25) is 11.7 Å².